The van der Waals surface area contributed by atoms with E-state index in [9.17, 15) is 4.79 Å². The van der Waals surface area contributed by atoms with E-state index in [0.717, 1.165) is 30.9 Å². The molecule has 2 heterocycles. The van der Waals surface area contributed by atoms with Crippen LogP contribution in [0.5, 0.6) is 0 Å². The first-order valence-electron chi connectivity index (χ1n) is 9.14. The van der Waals surface area contributed by atoms with Crippen molar-refractivity contribution >= 4 is 11.7 Å². The average Bonchev–Trinajstić information content (AvgIpc) is 2.73. The molecule has 3 aromatic rings. The summed E-state index contributed by atoms with van der Waals surface area (Å²) in [5.74, 6) is 0.705. The van der Waals surface area contributed by atoms with Gasteiger partial charge < -0.3 is 9.80 Å². The number of amides is 1. The molecule has 1 aliphatic heterocycles. The summed E-state index contributed by atoms with van der Waals surface area (Å²) in [5.41, 5.74) is 4.23. The first-order valence-corrected chi connectivity index (χ1v) is 9.14. The number of nitrogens with zero attached hydrogens (tertiary/aromatic N) is 4. The van der Waals surface area contributed by atoms with Crippen LogP contribution in [0.2, 0.25) is 0 Å². The normalized spacial score (nSPS) is 13.1. The molecule has 0 bridgehead atoms. The van der Waals surface area contributed by atoms with E-state index in [1.807, 2.05) is 30.3 Å². The molecular formula is C22H22N4O. The fourth-order valence-electron chi connectivity index (χ4n) is 3.45. The van der Waals surface area contributed by atoms with Crippen LogP contribution in [0.3, 0.4) is 0 Å². The van der Waals surface area contributed by atoms with Crippen LogP contribution < -0.4 is 4.90 Å². The number of benzene rings is 2. The van der Waals surface area contributed by atoms with Gasteiger partial charge in [0.05, 0.1) is 0 Å². The number of hydrogen-bond donors (Lipinski definition) is 0. The highest BCUT2D eigenvalue weighted by atomic mass is 16.2. The number of fused-ring (bicyclic) bond motifs is 1. The molecule has 4 rings (SSSR count). The van der Waals surface area contributed by atoms with Crippen molar-refractivity contribution in [3.05, 3.63) is 89.4 Å². The Morgan fingerprint density at radius 2 is 1.78 bits per heavy atom. The molecule has 5 heteroatoms. The molecular weight excluding hydrogens is 336 g/mol. The highest BCUT2D eigenvalue weighted by Crippen LogP contribution is 2.23. The minimum absolute atomic E-state index is 0.0973. The molecule has 136 valence electrons. The van der Waals surface area contributed by atoms with E-state index in [-0.39, 0.29) is 5.91 Å². The SMILES string of the molecule is CN(Cc1ccccc1)C(=O)c1cc(N2CCc3ccccc3C2)ncn1. The second-order valence-electron chi connectivity index (χ2n) is 6.85. The van der Waals surface area contributed by atoms with E-state index >= 15 is 0 Å². The summed E-state index contributed by atoms with van der Waals surface area (Å²) < 4.78 is 0. The predicted octanol–water partition coefficient (Wildman–Crippen LogP) is 3.31. The summed E-state index contributed by atoms with van der Waals surface area (Å²) in [4.78, 5) is 25.3. The molecule has 0 N–H and O–H groups in total. The van der Waals surface area contributed by atoms with E-state index < -0.39 is 0 Å². The van der Waals surface area contributed by atoms with Crippen molar-refractivity contribution in [1.29, 1.82) is 0 Å². The summed E-state index contributed by atoms with van der Waals surface area (Å²) in [6, 6.07) is 20.2. The smallest absolute Gasteiger partial charge is 0.272 e. The van der Waals surface area contributed by atoms with Gasteiger partial charge in [-0.2, -0.15) is 0 Å². The fourth-order valence-corrected chi connectivity index (χ4v) is 3.45. The summed E-state index contributed by atoms with van der Waals surface area (Å²) >= 11 is 0. The van der Waals surface area contributed by atoms with Crippen LogP contribution in [0.1, 0.15) is 27.2 Å². The van der Waals surface area contributed by atoms with Crippen molar-refractivity contribution in [3.8, 4) is 0 Å². The molecule has 1 aliphatic rings. The van der Waals surface area contributed by atoms with Crippen molar-refractivity contribution in [2.24, 2.45) is 0 Å². The summed E-state index contributed by atoms with van der Waals surface area (Å²) in [6.07, 6.45) is 2.47. The van der Waals surface area contributed by atoms with Crippen LogP contribution in [0.25, 0.3) is 0 Å². The molecule has 0 saturated heterocycles. The van der Waals surface area contributed by atoms with Gasteiger partial charge in [-0.3, -0.25) is 4.79 Å². The second kappa shape index (κ2) is 7.58. The average molecular weight is 358 g/mol. The standard InChI is InChI=1S/C22H22N4O/c1-25(14-17-7-3-2-4-8-17)22(27)20-13-21(24-16-23-20)26-12-11-18-9-5-6-10-19(18)15-26/h2-10,13,16H,11-12,14-15H2,1H3. The molecule has 0 radical (unpaired) electrons. The number of carbonyl (C=O) groups is 1. The van der Waals surface area contributed by atoms with Crippen molar-refractivity contribution in [3.63, 3.8) is 0 Å². The Morgan fingerprint density at radius 1 is 1.04 bits per heavy atom. The Bertz CT molecular complexity index is 942. The first kappa shape index (κ1) is 17.2. The quantitative estimate of drug-likeness (QED) is 0.718. The minimum atomic E-state index is -0.0973. The molecule has 0 aliphatic carbocycles. The highest BCUT2D eigenvalue weighted by molar-refractivity contribution is 5.92. The van der Waals surface area contributed by atoms with Gasteiger partial charge in [-0.05, 0) is 23.1 Å². The maximum atomic E-state index is 12.8. The van der Waals surface area contributed by atoms with E-state index in [1.54, 1.807) is 18.0 Å². The third kappa shape index (κ3) is 3.82. The maximum Gasteiger partial charge on any atom is 0.272 e. The molecule has 2 aromatic carbocycles. The topological polar surface area (TPSA) is 49.3 Å². The zero-order chi connectivity index (χ0) is 18.6. The van der Waals surface area contributed by atoms with Gasteiger partial charge >= 0.3 is 0 Å². The number of anilines is 1. The molecule has 0 spiro atoms. The fraction of sp³-hybridized carbons (Fsp3) is 0.227. The van der Waals surface area contributed by atoms with Gasteiger partial charge in [-0.15, -0.1) is 0 Å². The summed E-state index contributed by atoms with van der Waals surface area (Å²) in [5, 5.41) is 0. The number of aromatic nitrogens is 2. The van der Waals surface area contributed by atoms with Crippen LogP contribution in [0.4, 0.5) is 5.82 Å². The summed E-state index contributed by atoms with van der Waals surface area (Å²) in [6.45, 7) is 2.25. The third-order valence-electron chi connectivity index (χ3n) is 4.94. The molecule has 1 amide bonds. The molecule has 0 saturated carbocycles. The van der Waals surface area contributed by atoms with Crippen molar-refractivity contribution in [2.45, 2.75) is 19.5 Å². The van der Waals surface area contributed by atoms with Gasteiger partial charge in [-0.25, -0.2) is 9.97 Å². The van der Waals surface area contributed by atoms with Gasteiger partial charge in [0, 0.05) is 32.7 Å². The first-order chi connectivity index (χ1) is 13.2. The predicted molar refractivity (Wildman–Crippen MR) is 105 cm³/mol. The Balaban J connectivity index is 1.50. The van der Waals surface area contributed by atoms with Crippen LogP contribution in [0.15, 0.2) is 67.0 Å². The van der Waals surface area contributed by atoms with E-state index in [1.165, 1.54) is 17.5 Å². The zero-order valence-electron chi connectivity index (χ0n) is 15.4. The van der Waals surface area contributed by atoms with E-state index in [0.29, 0.717) is 12.2 Å². The monoisotopic (exact) mass is 358 g/mol. The molecule has 27 heavy (non-hydrogen) atoms. The van der Waals surface area contributed by atoms with Crippen molar-refractivity contribution in [1.82, 2.24) is 14.9 Å². The minimum Gasteiger partial charge on any atom is -0.352 e. The van der Waals surface area contributed by atoms with Gasteiger partial charge in [0.15, 0.2) is 0 Å². The van der Waals surface area contributed by atoms with E-state index in [2.05, 4.69) is 39.1 Å². The van der Waals surface area contributed by atoms with E-state index in [4.69, 9.17) is 0 Å². The highest BCUT2D eigenvalue weighted by Gasteiger charge is 2.20. The third-order valence-corrected chi connectivity index (χ3v) is 4.94. The van der Waals surface area contributed by atoms with Gasteiger partial charge in [-0.1, -0.05) is 54.6 Å². The second-order valence-corrected chi connectivity index (χ2v) is 6.85. The largest absolute Gasteiger partial charge is 0.352 e. The van der Waals surface area contributed by atoms with Crippen LogP contribution >= 0.6 is 0 Å². The van der Waals surface area contributed by atoms with Crippen LogP contribution in [0, 0.1) is 0 Å². The lowest BCUT2D eigenvalue weighted by molar-refractivity contribution is 0.0779. The van der Waals surface area contributed by atoms with Gasteiger partial charge in [0.1, 0.15) is 17.8 Å². The molecule has 0 fully saturated rings. The molecule has 5 nitrogen and oxygen atoms in total. The lowest BCUT2D eigenvalue weighted by Gasteiger charge is -2.29. The van der Waals surface area contributed by atoms with Gasteiger partial charge in [0.25, 0.3) is 5.91 Å². The number of carbonyl (C=O) groups excluding carboxylic acids is 1. The zero-order valence-corrected chi connectivity index (χ0v) is 15.4. The number of hydrogen-bond acceptors (Lipinski definition) is 4. The van der Waals surface area contributed by atoms with Crippen molar-refractivity contribution < 1.29 is 4.79 Å². The van der Waals surface area contributed by atoms with Crippen LogP contribution in [-0.4, -0.2) is 34.4 Å². The number of rotatable bonds is 4. The van der Waals surface area contributed by atoms with Crippen LogP contribution in [-0.2, 0) is 19.5 Å². The van der Waals surface area contributed by atoms with Crippen molar-refractivity contribution in [2.75, 3.05) is 18.5 Å². The lowest BCUT2D eigenvalue weighted by atomic mass is 10.00. The Hall–Kier alpha value is -3.21. The Labute approximate surface area is 159 Å². The summed E-state index contributed by atoms with van der Waals surface area (Å²) in [7, 11) is 1.80. The Morgan fingerprint density at radius 3 is 2.59 bits per heavy atom. The Kier molecular flexibility index (Phi) is 4.83. The molecule has 0 unspecified atom stereocenters. The molecule has 0 atom stereocenters. The maximum absolute atomic E-state index is 12.8. The lowest BCUT2D eigenvalue weighted by Crippen LogP contribution is -2.32. The van der Waals surface area contributed by atoms with Gasteiger partial charge in [0.2, 0.25) is 0 Å². The molecule has 1 aromatic heterocycles.